The Balaban J connectivity index is 4.00. The van der Waals surface area contributed by atoms with E-state index in [1.54, 1.807) is 0 Å². The van der Waals surface area contributed by atoms with E-state index in [1.807, 2.05) is 0 Å². The molecular weight excluding hydrogens is 122 g/mol. The molecule has 52 valence electrons. The number of rotatable bonds is 3. The SMILES string of the molecule is C=NOC(C)(C)C(=O)[O-]. The number of oxime groups is 1. The summed E-state index contributed by atoms with van der Waals surface area (Å²) in [5.41, 5.74) is -1.37. The number of carboxylic acids is 1. The summed E-state index contributed by atoms with van der Waals surface area (Å²) in [6.45, 7) is 5.63. The summed E-state index contributed by atoms with van der Waals surface area (Å²) < 4.78 is 0. The molecular formula is C5H8NO3-. The number of carbonyl (C=O) groups excluding carboxylic acids is 1. The topological polar surface area (TPSA) is 61.7 Å². The summed E-state index contributed by atoms with van der Waals surface area (Å²) in [6.07, 6.45) is 0. The standard InChI is InChI=1S/C5H9NO3/c1-5(2,4(7)8)9-6-3/h3H2,1-2H3,(H,7,8)/p-1. The van der Waals surface area contributed by atoms with Crippen LogP contribution in [0.3, 0.4) is 0 Å². The molecule has 0 N–H and O–H groups in total. The van der Waals surface area contributed by atoms with E-state index in [1.165, 1.54) is 13.8 Å². The number of carboxylic acid groups (broad SMARTS) is 1. The van der Waals surface area contributed by atoms with Gasteiger partial charge in [0.25, 0.3) is 0 Å². The molecule has 0 fully saturated rings. The number of aliphatic carboxylic acids is 1. The highest BCUT2D eigenvalue weighted by molar-refractivity contribution is 5.74. The summed E-state index contributed by atoms with van der Waals surface area (Å²) >= 11 is 0. The van der Waals surface area contributed by atoms with E-state index < -0.39 is 11.6 Å². The first-order valence-corrected chi connectivity index (χ1v) is 2.36. The van der Waals surface area contributed by atoms with Gasteiger partial charge >= 0.3 is 0 Å². The van der Waals surface area contributed by atoms with Gasteiger partial charge in [0, 0.05) is 6.72 Å². The third-order valence-electron chi connectivity index (χ3n) is 0.784. The monoisotopic (exact) mass is 130 g/mol. The van der Waals surface area contributed by atoms with Gasteiger partial charge in [-0.25, -0.2) is 0 Å². The Kier molecular flexibility index (Phi) is 2.19. The van der Waals surface area contributed by atoms with E-state index in [0.717, 1.165) is 0 Å². The molecule has 0 aromatic heterocycles. The van der Waals surface area contributed by atoms with Crippen LogP contribution < -0.4 is 5.11 Å². The summed E-state index contributed by atoms with van der Waals surface area (Å²) in [5, 5.41) is 13.0. The Hall–Kier alpha value is -1.06. The number of carbonyl (C=O) groups is 1. The Morgan fingerprint density at radius 2 is 2.22 bits per heavy atom. The Morgan fingerprint density at radius 1 is 1.78 bits per heavy atom. The summed E-state index contributed by atoms with van der Waals surface area (Å²) in [6, 6.07) is 0. The minimum atomic E-state index is -1.37. The van der Waals surface area contributed by atoms with Gasteiger partial charge in [-0.15, -0.1) is 5.16 Å². The Labute approximate surface area is 53.1 Å². The highest BCUT2D eigenvalue weighted by Gasteiger charge is 2.20. The van der Waals surface area contributed by atoms with Crippen molar-refractivity contribution in [3.05, 3.63) is 0 Å². The predicted molar refractivity (Wildman–Crippen MR) is 29.7 cm³/mol. The van der Waals surface area contributed by atoms with Crippen LogP contribution in [0.15, 0.2) is 5.16 Å². The molecule has 0 aliphatic rings. The maximum Gasteiger partial charge on any atom is 0.171 e. The minimum absolute atomic E-state index is 1.31. The zero-order chi connectivity index (χ0) is 7.49. The van der Waals surface area contributed by atoms with Crippen molar-refractivity contribution in [2.75, 3.05) is 0 Å². The predicted octanol–water partition coefficient (Wildman–Crippen LogP) is -0.853. The van der Waals surface area contributed by atoms with Crippen molar-refractivity contribution in [3.8, 4) is 0 Å². The zero-order valence-electron chi connectivity index (χ0n) is 5.38. The third kappa shape index (κ3) is 2.12. The summed E-state index contributed by atoms with van der Waals surface area (Å²) in [7, 11) is 0. The smallest absolute Gasteiger partial charge is 0.171 e. The molecule has 0 rings (SSSR count). The van der Waals surface area contributed by atoms with Crippen molar-refractivity contribution in [2.24, 2.45) is 5.16 Å². The van der Waals surface area contributed by atoms with Gasteiger partial charge in [0.2, 0.25) is 0 Å². The molecule has 0 amide bonds. The van der Waals surface area contributed by atoms with Crippen LogP contribution in [0.4, 0.5) is 0 Å². The van der Waals surface area contributed by atoms with E-state index in [9.17, 15) is 9.90 Å². The van der Waals surface area contributed by atoms with E-state index >= 15 is 0 Å². The van der Waals surface area contributed by atoms with Crippen molar-refractivity contribution in [1.82, 2.24) is 0 Å². The molecule has 0 saturated heterocycles. The third-order valence-corrected chi connectivity index (χ3v) is 0.784. The van der Waals surface area contributed by atoms with Crippen molar-refractivity contribution in [1.29, 1.82) is 0 Å². The first-order valence-electron chi connectivity index (χ1n) is 2.36. The van der Waals surface area contributed by atoms with E-state index in [2.05, 4.69) is 16.7 Å². The molecule has 0 aliphatic heterocycles. The lowest BCUT2D eigenvalue weighted by Gasteiger charge is -2.22. The maximum absolute atomic E-state index is 10.1. The maximum atomic E-state index is 10.1. The first-order chi connectivity index (χ1) is 4.00. The first kappa shape index (κ1) is 7.94. The van der Waals surface area contributed by atoms with Crippen LogP contribution in [0.1, 0.15) is 13.8 Å². The second-order valence-electron chi connectivity index (χ2n) is 2.02. The molecule has 4 heteroatoms. The van der Waals surface area contributed by atoms with Gasteiger partial charge < -0.3 is 14.7 Å². The van der Waals surface area contributed by atoms with Crippen LogP contribution in [0.2, 0.25) is 0 Å². The van der Waals surface area contributed by atoms with Crippen molar-refractivity contribution in [3.63, 3.8) is 0 Å². The fraction of sp³-hybridized carbons (Fsp3) is 0.600. The van der Waals surface area contributed by atoms with Gasteiger partial charge in [0.1, 0.15) is 0 Å². The highest BCUT2D eigenvalue weighted by atomic mass is 16.7. The Bertz CT molecular complexity index is 130. The van der Waals surface area contributed by atoms with Crippen LogP contribution in [-0.2, 0) is 9.63 Å². The average molecular weight is 130 g/mol. The normalized spacial score (nSPS) is 10.4. The lowest BCUT2D eigenvalue weighted by Crippen LogP contribution is -2.44. The molecule has 0 radical (unpaired) electrons. The van der Waals surface area contributed by atoms with E-state index in [0.29, 0.717) is 0 Å². The molecule has 0 aromatic carbocycles. The van der Waals surface area contributed by atoms with Gasteiger partial charge in [-0.2, -0.15) is 0 Å². The van der Waals surface area contributed by atoms with Crippen molar-refractivity contribution >= 4 is 12.7 Å². The quantitative estimate of drug-likeness (QED) is 0.369. The lowest BCUT2D eigenvalue weighted by atomic mass is 10.1. The van der Waals surface area contributed by atoms with Crippen LogP contribution in [-0.4, -0.2) is 18.3 Å². The summed E-state index contributed by atoms with van der Waals surface area (Å²) in [4.78, 5) is 14.4. The van der Waals surface area contributed by atoms with Crippen LogP contribution in [0.25, 0.3) is 0 Å². The molecule has 0 atom stereocenters. The summed E-state index contributed by atoms with van der Waals surface area (Å²) in [5.74, 6) is -1.31. The van der Waals surface area contributed by atoms with E-state index in [-0.39, 0.29) is 0 Å². The molecule has 0 bridgehead atoms. The molecule has 9 heavy (non-hydrogen) atoms. The van der Waals surface area contributed by atoms with Crippen LogP contribution >= 0.6 is 0 Å². The van der Waals surface area contributed by atoms with E-state index in [4.69, 9.17) is 0 Å². The zero-order valence-corrected chi connectivity index (χ0v) is 5.38. The second-order valence-corrected chi connectivity index (χ2v) is 2.02. The molecule has 0 aliphatic carbocycles. The fourth-order valence-corrected chi connectivity index (χ4v) is 0.199. The van der Waals surface area contributed by atoms with Crippen molar-refractivity contribution in [2.45, 2.75) is 19.4 Å². The average Bonchev–Trinajstić information content (AvgIpc) is 1.65. The number of hydrogen-bond donors (Lipinski definition) is 0. The Morgan fingerprint density at radius 3 is 2.33 bits per heavy atom. The molecule has 0 unspecified atom stereocenters. The molecule has 0 spiro atoms. The van der Waals surface area contributed by atoms with Gasteiger partial charge in [-0.1, -0.05) is 0 Å². The van der Waals surface area contributed by atoms with Crippen LogP contribution in [0, 0.1) is 0 Å². The van der Waals surface area contributed by atoms with Crippen LogP contribution in [0.5, 0.6) is 0 Å². The molecule has 0 saturated carbocycles. The molecule has 4 nitrogen and oxygen atoms in total. The largest absolute Gasteiger partial charge is 0.546 e. The van der Waals surface area contributed by atoms with Crippen molar-refractivity contribution < 1.29 is 14.7 Å². The lowest BCUT2D eigenvalue weighted by molar-refractivity contribution is -0.325. The van der Waals surface area contributed by atoms with Gasteiger partial charge in [-0.3, -0.25) is 0 Å². The molecule has 0 heterocycles. The van der Waals surface area contributed by atoms with Gasteiger partial charge in [-0.05, 0) is 13.8 Å². The van der Waals surface area contributed by atoms with Gasteiger partial charge in [0.15, 0.2) is 5.60 Å². The highest BCUT2D eigenvalue weighted by Crippen LogP contribution is 2.06. The minimum Gasteiger partial charge on any atom is -0.546 e. The number of nitrogens with zero attached hydrogens (tertiary/aromatic N) is 1. The molecule has 0 aromatic rings. The number of hydrogen-bond acceptors (Lipinski definition) is 4. The van der Waals surface area contributed by atoms with Gasteiger partial charge in [0.05, 0.1) is 5.97 Å². The second kappa shape index (κ2) is 2.48. The fourth-order valence-electron chi connectivity index (χ4n) is 0.199.